The lowest BCUT2D eigenvalue weighted by atomic mass is 9.76. The minimum Gasteiger partial charge on any atom is -0.480 e. The molecule has 2 aliphatic rings. The molecule has 0 aliphatic heterocycles. The van der Waals surface area contributed by atoms with Crippen molar-refractivity contribution in [2.75, 3.05) is 6.61 Å². The maximum Gasteiger partial charge on any atom is 0.407 e. The molecule has 4 rings (SSSR count). The van der Waals surface area contributed by atoms with Crippen molar-refractivity contribution in [3.8, 4) is 23.0 Å². The van der Waals surface area contributed by atoms with Crippen LogP contribution >= 0.6 is 0 Å². The Balaban J connectivity index is 1.42. The zero-order valence-electron chi connectivity index (χ0n) is 18.4. The molecule has 2 aliphatic carbocycles. The van der Waals surface area contributed by atoms with Gasteiger partial charge in [-0.05, 0) is 48.4 Å². The van der Waals surface area contributed by atoms with Crippen LogP contribution in [0, 0.1) is 11.8 Å². The monoisotopic (exact) mass is 446 g/mol. The van der Waals surface area contributed by atoms with E-state index >= 15 is 0 Å². The van der Waals surface area contributed by atoms with Crippen molar-refractivity contribution in [3.05, 3.63) is 59.7 Å². The number of rotatable bonds is 7. The topological polar surface area (TPSA) is 105 Å². The smallest absolute Gasteiger partial charge is 0.407 e. The fourth-order valence-electron chi connectivity index (χ4n) is 4.44. The van der Waals surface area contributed by atoms with E-state index in [1.807, 2.05) is 36.4 Å². The van der Waals surface area contributed by atoms with Crippen molar-refractivity contribution >= 4 is 18.0 Å². The van der Waals surface area contributed by atoms with Crippen molar-refractivity contribution in [1.82, 2.24) is 10.6 Å². The summed E-state index contributed by atoms with van der Waals surface area (Å²) in [5, 5.41) is 14.6. The Morgan fingerprint density at radius 1 is 1.09 bits per heavy atom. The number of nitrogens with one attached hydrogen (secondary N) is 2. The number of alkyl carbamates (subject to hydrolysis) is 1. The second kappa shape index (κ2) is 9.37. The molecular weight excluding hydrogens is 420 g/mol. The molecule has 1 fully saturated rings. The SMILES string of the molecule is CC#CCC(NC(=O)OCC1c2ccccc2-c2ccccc21)C(=O)NC1(C(=O)O)CCC1. The Morgan fingerprint density at radius 2 is 1.70 bits per heavy atom. The van der Waals surface area contributed by atoms with Crippen molar-refractivity contribution in [2.24, 2.45) is 0 Å². The van der Waals surface area contributed by atoms with E-state index in [1.165, 1.54) is 0 Å². The number of ether oxygens (including phenoxy) is 1. The molecule has 1 atom stereocenters. The largest absolute Gasteiger partial charge is 0.480 e. The zero-order valence-corrected chi connectivity index (χ0v) is 18.4. The van der Waals surface area contributed by atoms with E-state index in [0.29, 0.717) is 12.8 Å². The van der Waals surface area contributed by atoms with Crippen LogP contribution in [0.15, 0.2) is 48.5 Å². The highest BCUT2D eigenvalue weighted by Gasteiger charge is 2.46. The van der Waals surface area contributed by atoms with Gasteiger partial charge < -0.3 is 20.5 Å². The van der Waals surface area contributed by atoms with E-state index in [9.17, 15) is 19.5 Å². The molecule has 1 unspecified atom stereocenters. The van der Waals surface area contributed by atoms with Gasteiger partial charge in [0.2, 0.25) is 5.91 Å². The van der Waals surface area contributed by atoms with Gasteiger partial charge in [0.15, 0.2) is 0 Å². The Morgan fingerprint density at radius 3 is 2.21 bits per heavy atom. The molecule has 0 bridgehead atoms. The molecule has 0 saturated heterocycles. The van der Waals surface area contributed by atoms with Gasteiger partial charge in [0.1, 0.15) is 18.2 Å². The van der Waals surface area contributed by atoms with Gasteiger partial charge in [0.05, 0.1) is 0 Å². The molecule has 0 radical (unpaired) electrons. The second-order valence-corrected chi connectivity index (χ2v) is 8.38. The molecule has 2 amide bonds. The Kier molecular flexibility index (Phi) is 6.36. The maximum absolute atomic E-state index is 12.8. The lowest BCUT2D eigenvalue weighted by molar-refractivity contribution is -0.152. The number of carboxylic acid groups (broad SMARTS) is 1. The van der Waals surface area contributed by atoms with Crippen molar-refractivity contribution in [2.45, 2.75) is 50.1 Å². The maximum atomic E-state index is 12.8. The van der Waals surface area contributed by atoms with Crippen molar-refractivity contribution < 1.29 is 24.2 Å². The molecule has 2 aromatic rings. The van der Waals surface area contributed by atoms with Gasteiger partial charge in [-0.25, -0.2) is 9.59 Å². The number of carbonyl (C=O) groups excluding carboxylic acids is 2. The van der Waals surface area contributed by atoms with E-state index < -0.39 is 29.6 Å². The predicted octanol–water partition coefficient (Wildman–Crippen LogP) is 3.43. The average molecular weight is 447 g/mol. The summed E-state index contributed by atoms with van der Waals surface area (Å²) in [6.07, 6.45) is 0.776. The molecule has 1 saturated carbocycles. The number of benzene rings is 2. The highest BCUT2D eigenvalue weighted by molar-refractivity contribution is 5.92. The van der Waals surface area contributed by atoms with Gasteiger partial charge in [0.25, 0.3) is 0 Å². The average Bonchev–Trinajstić information content (AvgIpc) is 3.11. The highest BCUT2D eigenvalue weighted by atomic mass is 16.5. The summed E-state index contributed by atoms with van der Waals surface area (Å²) in [7, 11) is 0. The number of amides is 2. The first-order chi connectivity index (χ1) is 15.9. The molecule has 0 heterocycles. The summed E-state index contributed by atoms with van der Waals surface area (Å²) in [5.74, 6) is 3.74. The number of hydrogen-bond donors (Lipinski definition) is 3. The van der Waals surface area contributed by atoms with E-state index in [2.05, 4.69) is 34.6 Å². The van der Waals surface area contributed by atoms with E-state index in [0.717, 1.165) is 28.7 Å². The van der Waals surface area contributed by atoms with Crippen LogP contribution in [0.25, 0.3) is 11.1 Å². The number of aliphatic carboxylic acids is 1. The number of fused-ring (bicyclic) bond motifs is 3. The lowest BCUT2D eigenvalue weighted by Gasteiger charge is -2.39. The molecule has 33 heavy (non-hydrogen) atoms. The predicted molar refractivity (Wildman–Crippen MR) is 122 cm³/mol. The lowest BCUT2D eigenvalue weighted by Crippen LogP contribution is -2.62. The summed E-state index contributed by atoms with van der Waals surface area (Å²) in [6, 6.07) is 15.0. The van der Waals surface area contributed by atoms with Crippen LogP contribution in [0.3, 0.4) is 0 Å². The molecule has 3 N–H and O–H groups in total. The highest BCUT2D eigenvalue weighted by Crippen LogP contribution is 2.44. The summed E-state index contributed by atoms with van der Waals surface area (Å²) < 4.78 is 5.52. The molecule has 7 heteroatoms. The minimum atomic E-state index is -1.27. The molecular formula is C26H26N2O5. The first-order valence-electron chi connectivity index (χ1n) is 11.0. The molecule has 0 aromatic heterocycles. The van der Waals surface area contributed by atoms with Crippen LogP contribution in [0.1, 0.15) is 49.7 Å². The first-order valence-corrected chi connectivity index (χ1v) is 11.0. The third kappa shape index (κ3) is 4.42. The summed E-state index contributed by atoms with van der Waals surface area (Å²) in [6.45, 7) is 1.75. The number of carboxylic acids is 1. The number of hydrogen-bond acceptors (Lipinski definition) is 4. The third-order valence-electron chi connectivity index (χ3n) is 6.41. The Bertz CT molecular complexity index is 1100. The van der Waals surface area contributed by atoms with Gasteiger partial charge in [-0.3, -0.25) is 4.79 Å². The fourth-order valence-corrected chi connectivity index (χ4v) is 4.44. The van der Waals surface area contributed by atoms with E-state index in [1.54, 1.807) is 6.92 Å². The Labute approximate surface area is 192 Å². The van der Waals surface area contributed by atoms with Gasteiger partial charge in [0, 0.05) is 12.3 Å². The normalized spacial score (nSPS) is 16.2. The first kappa shape index (κ1) is 22.4. The van der Waals surface area contributed by atoms with Crippen LogP contribution in [-0.4, -0.2) is 41.3 Å². The standard InChI is InChI=1S/C26H26N2O5/c1-2-3-13-22(23(29)28-26(24(30)31)14-8-15-26)27-25(32)33-16-21-19-11-6-4-9-17(19)18-10-5-7-12-20(18)21/h4-7,9-12,21-22H,8,13-16H2,1H3,(H,27,32)(H,28,29)(H,30,31). The minimum absolute atomic E-state index is 0.0578. The molecule has 7 nitrogen and oxygen atoms in total. The van der Waals surface area contributed by atoms with Crippen LogP contribution < -0.4 is 10.6 Å². The van der Waals surface area contributed by atoms with E-state index in [4.69, 9.17) is 4.74 Å². The van der Waals surface area contributed by atoms with Gasteiger partial charge >= 0.3 is 12.1 Å². The van der Waals surface area contributed by atoms with Crippen LogP contribution in [-0.2, 0) is 14.3 Å². The molecule has 0 spiro atoms. The fraction of sp³-hybridized carbons (Fsp3) is 0.346. The summed E-state index contributed by atoms with van der Waals surface area (Å²) in [4.78, 5) is 37.0. The quantitative estimate of drug-likeness (QED) is 0.565. The van der Waals surface area contributed by atoms with Gasteiger partial charge in [-0.15, -0.1) is 11.8 Å². The van der Waals surface area contributed by atoms with Crippen LogP contribution in [0.5, 0.6) is 0 Å². The van der Waals surface area contributed by atoms with E-state index in [-0.39, 0.29) is 18.9 Å². The van der Waals surface area contributed by atoms with Gasteiger partial charge in [-0.2, -0.15) is 0 Å². The Hall–Kier alpha value is -3.79. The van der Waals surface area contributed by atoms with Crippen LogP contribution in [0.2, 0.25) is 0 Å². The summed E-state index contributed by atoms with van der Waals surface area (Å²) >= 11 is 0. The number of carbonyl (C=O) groups is 3. The second-order valence-electron chi connectivity index (χ2n) is 8.38. The third-order valence-corrected chi connectivity index (χ3v) is 6.41. The zero-order chi connectivity index (χ0) is 23.4. The summed E-state index contributed by atoms with van der Waals surface area (Å²) in [5.41, 5.74) is 3.16. The van der Waals surface area contributed by atoms with Crippen molar-refractivity contribution in [1.29, 1.82) is 0 Å². The van der Waals surface area contributed by atoms with Crippen LogP contribution in [0.4, 0.5) is 4.79 Å². The molecule has 2 aromatic carbocycles. The molecule has 170 valence electrons. The van der Waals surface area contributed by atoms with Crippen molar-refractivity contribution in [3.63, 3.8) is 0 Å². The van der Waals surface area contributed by atoms with Gasteiger partial charge in [-0.1, -0.05) is 48.5 Å².